The van der Waals surface area contributed by atoms with Crippen LogP contribution in [-0.2, 0) is 11.3 Å². The van der Waals surface area contributed by atoms with Crippen LogP contribution in [0.25, 0.3) is 0 Å². The second-order valence-electron chi connectivity index (χ2n) is 7.90. The number of nitrogens with one attached hydrogen (secondary N) is 2. The second kappa shape index (κ2) is 9.88. The number of ether oxygens (including phenoxy) is 2. The quantitative estimate of drug-likeness (QED) is 0.766. The smallest absolute Gasteiger partial charge is 0.258 e. The monoisotopic (exact) mass is 372 g/mol. The fourth-order valence-corrected chi connectivity index (χ4v) is 2.01. The van der Waals surface area contributed by atoms with Crippen LogP contribution in [0.4, 0.5) is 0 Å². The van der Waals surface area contributed by atoms with Gasteiger partial charge < -0.3 is 20.1 Å². The highest BCUT2D eigenvalue weighted by Crippen LogP contribution is 2.28. The Labute approximate surface area is 158 Å². The molecule has 5 nitrogen and oxygen atoms in total. The normalized spacial score (nSPS) is 11.5. The minimum atomic E-state index is -0.272. The van der Waals surface area contributed by atoms with Gasteiger partial charge in [-0.25, -0.2) is 0 Å². The Balaban J connectivity index is 0.00000576. The molecule has 144 valence electrons. The third-order valence-electron chi connectivity index (χ3n) is 3.00. The Morgan fingerprint density at radius 3 is 2.16 bits per heavy atom. The summed E-state index contributed by atoms with van der Waals surface area (Å²) in [5, 5.41) is 6.32. The molecule has 0 heterocycles. The third-order valence-corrected chi connectivity index (χ3v) is 3.00. The summed E-state index contributed by atoms with van der Waals surface area (Å²) >= 11 is 0. The van der Waals surface area contributed by atoms with E-state index in [1.54, 1.807) is 0 Å². The number of hydrogen-bond donors (Lipinski definition) is 2. The van der Waals surface area contributed by atoms with Gasteiger partial charge in [-0.2, -0.15) is 0 Å². The van der Waals surface area contributed by atoms with Crippen LogP contribution in [0, 0.1) is 0 Å². The molecule has 25 heavy (non-hydrogen) atoms. The van der Waals surface area contributed by atoms with Crippen molar-refractivity contribution in [1.82, 2.24) is 10.6 Å². The molecule has 0 spiro atoms. The van der Waals surface area contributed by atoms with Crippen LogP contribution in [0.2, 0.25) is 0 Å². The molecule has 1 amide bonds. The molecule has 0 radical (unpaired) electrons. The van der Waals surface area contributed by atoms with Gasteiger partial charge in [-0.1, -0.05) is 6.07 Å². The Morgan fingerprint density at radius 1 is 1.00 bits per heavy atom. The standard InChI is InChI=1S/C19H32N2O3.ClH/c1-8-23-16-11-14(12-20-18(2,3)4)9-10-15(16)24-13-17(22)21-19(5,6)7;/h9-11,20H,8,12-13H2,1-7H3,(H,21,22);1H. The van der Waals surface area contributed by atoms with Crippen molar-refractivity contribution in [2.75, 3.05) is 13.2 Å². The Bertz CT molecular complexity index is 549. The summed E-state index contributed by atoms with van der Waals surface area (Å²) in [6, 6.07) is 5.80. The lowest BCUT2D eigenvalue weighted by Crippen LogP contribution is -2.43. The van der Waals surface area contributed by atoms with E-state index < -0.39 is 0 Å². The second-order valence-corrected chi connectivity index (χ2v) is 7.90. The van der Waals surface area contributed by atoms with E-state index in [1.807, 2.05) is 45.9 Å². The van der Waals surface area contributed by atoms with Crippen molar-refractivity contribution in [1.29, 1.82) is 0 Å². The van der Waals surface area contributed by atoms with Crippen LogP contribution < -0.4 is 20.1 Å². The average Bonchev–Trinajstić information content (AvgIpc) is 2.42. The zero-order valence-corrected chi connectivity index (χ0v) is 17.3. The van der Waals surface area contributed by atoms with Crippen molar-refractivity contribution in [3.63, 3.8) is 0 Å². The summed E-state index contributed by atoms with van der Waals surface area (Å²) in [6.45, 7) is 15.4. The van der Waals surface area contributed by atoms with Gasteiger partial charge >= 0.3 is 0 Å². The molecule has 0 saturated carbocycles. The first kappa shape index (κ1) is 23.5. The topological polar surface area (TPSA) is 59.6 Å². The van der Waals surface area contributed by atoms with Gasteiger partial charge in [0.15, 0.2) is 18.1 Å². The van der Waals surface area contributed by atoms with Crippen molar-refractivity contribution < 1.29 is 14.3 Å². The maximum absolute atomic E-state index is 11.9. The predicted molar refractivity (Wildman–Crippen MR) is 105 cm³/mol. The van der Waals surface area contributed by atoms with Crippen LogP contribution in [0.15, 0.2) is 18.2 Å². The number of rotatable bonds is 7. The molecule has 0 aromatic heterocycles. The van der Waals surface area contributed by atoms with Gasteiger partial charge in [-0.3, -0.25) is 4.79 Å². The predicted octanol–water partition coefficient (Wildman–Crippen LogP) is 3.69. The van der Waals surface area contributed by atoms with E-state index in [9.17, 15) is 4.79 Å². The lowest BCUT2D eigenvalue weighted by atomic mass is 10.1. The molecule has 0 fully saturated rings. The Morgan fingerprint density at radius 2 is 1.64 bits per heavy atom. The van der Waals surface area contributed by atoms with Crippen molar-refractivity contribution >= 4 is 18.3 Å². The molecule has 0 aliphatic rings. The number of carbonyl (C=O) groups is 1. The van der Waals surface area contributed by atoms with E-state index in [0.717, 1.165) is 12.1 Å². The molecular formula is C19H33ClN2O3. The first-order chi connectivity index (χ1) is 11.0. The van der Waals surface area contributed by atoms with E-state index in [-0.39, 0.29) is 36.0 Å². The molecule has 6 heteroatoms. The summed E-state index contributed by atoms with van der Waals surface area (Å²) < 4.78 is 11.3. The van der Waals surface area contributed by atoms with Crippen molar-refractivity contribution in [3.8, 4) is 11.5 Å². The van der Waals surface area contributed by atoms with E-state index in [0.29, 0.717) is 18.1 Å². The highest BCUT2D eigenvalue weighted by Gasteiger charge is 2.15. The number of carbonyl (C=O) groups excluding carboxylic acids is 1. The highest BCUT2D eigenvalue weighted by atomic mass is 35.5. The number of benzene rings is 1. The molecule has 0 unspecified atom stereocenters. The molecule has 1 rings (SSSR count). The first-order valence-corrected chi connectivity index (χ1v) is 8.45. The fourth-order valence-electron chi connectivity index (χ4n) is 2.01. The first-order valence-electron chi connectivity index (χ1n) is 8.45. The van der Waals surface area contributed by atoms with E-state index >= 15 is 0 Å². The molecule has 0 aliphatic heterocycles. The van der Waals surface area contributed by atoms with E-state index in [1.165, 1.54) is 0 Å². The van der Waals surface area contributed by atoms with Gasteiger partial charge in [0.05, 0.1) is 6.61 Å². The molecule has 0 atom stereocenters. The van der Waals surface area contributed by atoms with Crippen LogP contribution >= 0.6 is 12.4 Å². The van der Waals surface area contributed by atoms with Crippen LogP contribution in [0.1, 0.15) is 54.0 Å². The lowest BCUT2D eigenvalue weighted by Gasteiger charge is -2.22. The van der Waals surface area contributed by atoms with Crippen LogP contribution in [0.3, 0.4) is 0 Å². The zero-order valence-electron chi connectivity index (χ0n) is 16.5. The zero-order chi connectivity index (χ0) is 18.4. The minimum absolute atomic E-state index is 0. The summed E-state index contributed by atoms with van der Waals surface area (Å²) in [6.07, 6.45) is 0. The van der Waals surface area contributed by atoms with Gasteiger partial charge in [0.25, 0.3) is 5.91 Å². The maximum Gasteiger partial charge on any atom is 0.258 e. The molecule has 1 aromatic carbocycles. The molecule has 2 N–H and O–H groups in total. The van der Waals surface area contributed by atoms with Gasteiger partial charge in [-0.05, 0) is 66.2 Å². The van der Waals surface area contributed by atoms with Gasteiger partial charge in [0.1, 0.15) is 0 Å². The minimum Gasteiger partial charge on any atom is -0.490 e. The van der Waals surface area contributed by atoms with Gasteiger partial charge in [0.2, 0.25) is 0 Å². The van der Waals surface area contributed by atoms with Crippen LogP contribution in [0.5, 0.6) is 11.5 Å². The lowest BCUT2D eigenvalue weighted by molar-refractivity contribution is -0.124. The van der Waals surface area contributed by atoms with E-state index in [4.69, 9.17) is 9.47 Å². The van der Waals surface area contributed by atoms with E-state index in [2.05, 4.69) is 31.4 Å². The summed E-state index contributed by atoms with van der Waals surface area (Å²) in [4.78, 5) is 11.9. The summed E-state index contributed by atoms with van der Waals surface area (Å²) in [5.74, 6) is 1.10. The third kappa shape index (κ3) is 10.2. The fraction of sp³-hybridized carbons (Fsp3) is 0.632. The van der Waals surface area contributed by atoms with Gasteiger partial charge in [0, 0.05) is 17.6 Å². The van der Waals surface area contributed by atoms with Crippen LogP contribution in [-0.4, -0.2) is 30.2 Å². The molecule has 0 saturated heterocycles. The molecule has 1 aromatic rings. The average molecular weight is 373 g/mol. The molecular weight excluding hydrogens is 340 g/mol. The Kier molecular flexibility index (Phi) is 9.30. The van der Waals surface area contributed by atoms with Crippen molar-refractivity contribution in [2.45, 2.75) is 66.1 Å². The number of hydrogen-bond acceptors (Lipinski definition) is 4. The molecule has 0 bridgehead atoms. The Hall–Kier alpha value is -1.46. The van der Waals surface area contributed by atoms with Crippen molar-refractivity contribution in [2.24, 2.45) is 0 Å². The number of amides is 1. The van der Waals surface area contributed by atoms with Crippen molar-refractivity contribution in [3.05, 3.63) is 23.8 Å². The summed E-state index contributed by atoms with van der Waals surface area (Å²) in [5.41, 5.74) is 0.886. The SMILES string of the molecule is CCOc1cc(CNC(C)(C)C)ccc1OCC(=O)NC(C)(C)C.Cl. The molecule has 0 aliphatic carbocycles. The van der Waals surface area contributed by atoms with Gasteiger partial charge in [-0.15, -0.1) is 12.4 Å². The largest absolute Gasteiger partial charge is 0.490 e. The highest BCUT2D eigenvalue weighted by molar-refractivity contribution is 5.85. The number of halogens is 1. The maximum atomic E-state index is 11.9. The summed E-state index contributed by atoms with van der Waals surface area (Å²) in [7, 11) is 0.